The topological polar surface area (TPSA) is 84.9 Å². The fraction of sp³-hybridized carbons (Fsp3) is 1.00. The second-order valence-corrected chi connectivity index (χ2v) is 2.82. The van der Waals surface area contributed by atoms with Gasteiger partial charge in [-0.3, -0.25) is 0 Å². The van der Waals surface area contributed by atoms with Crippen molar-refractivity contribution < 1.29 is 19.7 Å². The molecule has 1 aliphatic heterocycles. The van der Waals surface area contributed by atoms with E-state index in [0.29, 0.717) is 19.6 Å². The SMILES string of the molecule is NCCO[C@H]1OC[C@@H](O)CC1O. The lowest BCUT2D eigenvalue weighted by atomic mass is 10.1. The van der Waals surface area contributed by atoms with Crippen molar-refractivity contribution in [2.45, 2.75) is 24.9 Å². The third-order valence-corrected chi connectivity index (χ3v) is 1.68. The van der Waals surface area contributed by atoms with Gasteiger partial charge in [-0.25, -0.2) is 0 Å². The molecule has 0 amide bonds. The monoisotopic (exact) mass is 177 g/mol. The Balaban J connectivity index is 2.25. The second-order valence-electron chi connectivity index (χ2n) is 2.82. The average Bonchev–Trinajstić information content (AvgIpc) is 2.03. The third kappa shape index (κ3) is 2.69. The maximum Gasteiger partial charge on any atom is 0.183 e. The summed E-state index contributed by atoms with van der Waals surface area (Å²) in [5.74, 6) is 0. The van der Waals surface area contributed by atoms with E-state index in [1.54, 1.807) is 0 Å². The molecule has 5 heteroatoms. The fourth-order valence-corrected chi connectivity index (χ4v) is 1.12. The van der Waals surface area contributed by atoms with Gasteiger partial charge in [0.15, 0.2) is 6.29 Å². The number of nitrogens with two attached hydrogens (primary N) is 1. The number of aliphatic hydroxyl groups is 2. The summed E-state index contributed by atoms with van der Waals surface area (Å²) in [5.41, 5.74) is 5.21. The van der Waals surface area contributed by atoms with Crippen LogP contribution in [0, 0.1) is 0 Å². The van der Waals surface area contributed by atoms with Crippen LogP contribution in [-0.4, -0.2) is 48.5 Å². The summed E-state index contributed by atoms with van der Waals surface area (Å²) in [6.07, 6.45) is -1.66. The molecule has 0 spiro atoms. The van der Waals surface area contributed by atoms with Crippen LogP contribution in [0.15, 0.2) is 0 Å². The minimum absolute atomic E-state index is 0.215. The zero-order chi connectivity index (χ0) is 8.97. The van der Waals surface area contributed by atoms with Crippen LogP contribution in [0.3, 0.4) is 0 Å². The summed E-state index contributed by atoms with van der Waals surface area (Å²) in [4.78, 5) is 0. The summed E-state index contributed by atoms with van der Waals surface area (Å²) in [6.45, 7) is 0.971. The third-order valence-electron chi connectivity index (χ3n) is 1.68. The predicted molar refractivity (Wildman–Crippen MR) is 41.4 cm³/mol. The van der Waals surface area contributed by atoms with Crippen LogP contribution in [0.2, 0.25) is 0 Å². The van der Waals surface area contributed by atoms with Gasteiger partial charge >= 0.3 is 0 Å². The van der Waals surface area contributed by atoms with Gasteiger partial charge in [0.05, 0.1) is 19.3 Å². The molecule has 0 aliphatic carbocycles. The van der Waals surface area contributed by atoms with Crippen LogP contribution in [0.25, 0.3) is 0 Å². The first-order valence-corrected chi connectivity index (χ1v) is 4.03. The highest BCUT2D eigenvalue weighted by Gasteiger charge is 2.29. The van der Waals surface area contributed by atoms with Crippen LogP contribution in [0.1, 0.15) is 6.42 Å². The molecular formula is C7H15NO4. The summed E-state index contributed by atoms with van der Waals surface area (Å²) in [5, 5.41) is 18.4. The van der Waals surface area contributed by atoms with E-state index in [1.807, 2.05) is 0 Å². The molecule has 0 radical (unpaired) electrons. The van der Waals surface area contributed by atoms with Crippen molar-refractivity contribution in [3.63, 3.8) is 0 Å². The molecule has 1 unspecified atom stereocenters. The van der Waals surface area contributed by atoms with Crippen molar-refractivity contribution in [1.29, 1.82) is 0 Å². The minimum atomic E-state index is -0.750. The van der Waals surface area contributed by atoms with Crippen LogP contribution >= 0.6 is 0 Å². The molecule has 0 aromatic heterocycles. The molecule has 1 fully saturated rings. The molecule has 5 nitrogen and oxygen atoms in total. The van der Waals surface area contributed by atoms with Crippen molar-refractivity contribution in [1.82, 2.24) is 0 Å². The van der Waals surface area contributed by atoms with Gasteiger partial charge < -0.3 is 25.4 Å². The van der Waals surface area contributed by atoms with Crippen LogP contribution < -0.4 is 5.73 Å². The fourth-order valence-electron chi connectivity index (χ4n) is 1.12. The number of ether oxygens (including phenoxy) is 2. The van der Waals surface area contributed by atoms with Crippen molar-refractivity contribution in [3.8, 4) is 0 Å². The predicted octanol–water partition coefficient (Wildman–Crippen LogP) is -1.57. The van der Waals surface area contributed by atoms with Gasteiger partial charge in [0.2, 0.25) is 0 Å². The summed E-state index contributed by atoms with van der Waals surface area (Å²) < 4.78 is 10.1. The molecule has 3 atom stereocenters. The zero-order valence-corrected chi connectivity index (χ0v) is 6.85. The molecule has 1 aliphatic rings. The van der Waals surface area contributed by atoms with E-state index in [0.717, 1.165) is 0 Å². The van der Waals surface area contributed by atoms with Crippen molar-refractivity contribution >= 4 is 0 Å². The molecule has 1 rings (SSSR count). The molecule has 0 aromatic carbocycles. The quantitative estimate of drug-likeness (QED) is 0.485. The molecular weight excluding hydrogens is 162 g/mol. The highest BCUT2D eigenvalue weighted by Crippen LogP contribution is 2.14. The van der Waals surface area contributed by atoms with Crippen LogP contribution in [-0.2, 0) is 9.47 Å². The number of hydrogen-bond donors (Lipinski definition) is 3. The molecule has 12 heavy (non-hydrogen) atoms. The molecule has 72 valence electrons. The lowest BCUT2D eigenvalue weighted by Crippen LogP contribution is -2.43. The first-order valence-electron chi connectivity index (χ1n) is 4.03. The average molecular weight is 177 g/mol. The Labute approximate surface area is 71.1 Å². The van der Waals surface area contributed by atoms with Crippen LogP contribution in [0.5, 0.6) is 0 Å². The van der Waals surface area contributed by atoms with Gasteiger partial charge in [0, 0.05) is 13.0 Å². The number of rotatable bonds is 3. The first kappa shape index (κ1) is 9.88. The van der Waals surface area contributed by atoms with Gasteiger partial charge in [-0.2, -0.15) is 0 Å². The Kier molecular flexibility index (Phi) is 3.90. The molecule has 0 bridgehead atoms. The Hall–Kier alpha value is -0.200. The highest BCUT2D eigenvalue weighted by molar-refractivity contribution is 4.72. The maximum atomic E-state index is 9.32. The Morgan fingerprint density at radius 1 is 1.50 bits per heavy atom. The summed E-state index contributed by atoms with van der Waals surface area (Å²) >= 11 is 0. The van der Waals surface area contributed by atoms with E-state index in [9.17, 15) is 5.11 Å². The Morgan fingerprint density at radius 3 is 2.83 bits per heavy atom. The van der Waals surface area contributed by atoms with Gasteiger partial charge in [-0.1, -0.05) is 0 Å². The number of aliphatic hydroxyl groups excluding tert-OH is 2. The van der Waals surface area contributed by atoms with Crippen molar-refractivity contribution in [3.05, 3.63) is 0 Å². The maximum absolute atomic E-state index is 9.32. The smallest absolute Gasteiger partial charge is 0.183 e. The lowest BCUT2D eigenvalue weighted by Gasteiger charge is -2.30. The van der Waals surface area contributed by atoms with E-state index in [-0.39, 0.29) is 6.61 Å². The summed E-state index contributed by atoms with van der Waals surface area (Å²) in [6, 6.07) is 0. The molecule has 0 aromatic rings. The van der Waals surface area contributed by atoms with Crippen molar-refractivity contribution in [2.75, 3.05) is 19.8 Å². The zero-order valence-electron chi connectivity index (χ0n) is 6.85. The largest absolute Gasteiger partial charge is 0.391 e. The Bertz CT molecular complexity index is 131. The van der Waals surface area contributed by atoms with E-state index >= 15 is 0 Å². The molecule has 1 heterocycles. The van der Waals surface area contributed by atoms with Crippen LogP contribution in [0.4, 0.5) is 0 Å². The second kappa shape index (κ2) is 4.74. The van der Waals surface area contributed by atoms with E-state index in [2.05, 4.69) is 0 Å². The van der Waals surface area contributed by atoms with Gasteiger partial charge in [0.1, 0.15) is 6.10 Å². The van der Waals surface area contributed by atoms with Gasteiger partial charge in [-0.15, -0.1) is 0 Å². The van der Waals surface area contributed by atoms with Crippen molar-refractivity contribution in [2.24, 2.45) is 5.73 Å². The molecule has 0 saturated carbocycles. The normalized spacial score (nSPS) is 36.8. The standard InChI is InChI=1S/C7H15NO4/c8-1-2-11-7-6(10)3-5(9)4-12-7/h5-7,9-10H,1-4,8H2/t5-,6?,7-/m0/s1. The molecule has 1 saturated heterocycles. The van der Waals surface area contributed by atoms with Gasteiger partial charge in [-0.05, 0) is 0 Å². The highest BCUT2D eigenvalue weighted by atomic mass is 16.7. The van der Waals surface area contributed by atoms with E-state index < -0.39 is 18.5 Å². The molecule has 4 N–H and O–H groups in total. The minimum Gasteiger partial charge on any atom is -0.391 e. The summed E-state index contributed by atoms with van der Waals surface area (Å²) in [7, 11) is 0. The lowest BCUT2D eigenvalue weighted by molar-refractivity contribution is -0.234. The Morgan fingerprint density at radius 2 is 2.25 bits per heavy atom. The van der Waals surface area contributed by atoms with E-state index in [4.69, 9.17) is 20.3 Å². The van der Waals surface area contributed by atoms with Gasteiger partial charge in [0.25, 0.3) is 0 Å². The first-order chi connectivity index (χ1) is 5.74. The number of hydrogen-bond acceptors (Lipinski definition) is 5. The van der Waals surface area contributed by atoms with E-state index in [1.165, 1.54) is 0 Å².